The molecule has 0 spiro atoms. The maximum Gasteiger partial charge on any atom is 0.159 e. The Bertz CT molecular complexity index is 417. The van der Waals surface area contributed by atoms with Gasteiger partial charge in [0.1, 0.15) is 0 Å². The van der Waals surface area contributed by atoms with Gasteiger partial charge in [0.2, 0.25) is 0 Å². The first kappa shape index (κ1) is 14.4. The number of rotatable bonds is 4. The summed E-state index contributed by atoms with van der Waals surface area (Å²) in [6.45, 7) is 7.45. The molecule has 1 saturated heterocycles. The lowest BCUT2D eigenvalue weighted by Crippen LogP contribution is -2.48. The zero-order valence-corrected chi connectivity index (χ0v) is 11.3. The van der Waals surface area contributed by atoms with Gasteiger partial charge in [-0.15, -0.1) is 0 Å². The van der Waals surface area contributed by atoms with E-state index in [1.807, 2.05) is 6.92 Å². The molecule has 5 heteroatoms. The summed E-state index contributed by atoms with van der Waals surface area (Å²) in [4.78, 5) is 4.62. The van der Waals surface area contributed by atoms with Crippen molar-refractivity contribution in [2.24, 2.45) is 5.73 Å². The van der Waals surface area contributed by atoms with E-state index in [1.54, 1.807) is 6.07 Å². The molecule has 0 aromatic heterocycles. The molecule has 0 amide bonds. The van der Waals surface area contributed by atoms with E-state index in [1.165, 1.54) is 12.1 Å². The van der Waals surface area contributed by atoms with E-state index in [9.17, 15) is 8.78 Å². The minimum Gasteiger partial charge on any atom is -0.329 e. The second-order valence-corrected chi connectivity index (χ2v) is 5.02. The molecule has 2 rings (SSSR count). The summed E-state index contributed by atoms with van der Waals surface area (Å²) in [7, 11) is 0. The standard InChI is InChI=1S/C14H21F2N3/c1-11(12-2-3-13(15)14(16)10-12)19-8-6-18(5-4-17)7-9-19/h2-3,10-11H,4-9,17H2,1H3. The van der Waals surface area contributed by atoms with Gasteiger partial charge in [0.05, 0.1) is 0 Å². The number of piperazine rings is 1. The van der Waals surface area contributed by atoms with Gasteiger partial charge in [-0.05, 0) is 24.6 Å². The quantitative estimate of drug-likeness (QED) is 0.901. The Morgan fingerprint density at radius 2 is 1.84 bits per heavy atom. The molecular weight excluding hydrogens is 248 g/mol. The first-order valence-corrected chi connectivity index (χ1v) is 6.73. The molecule has 1 fully saturated rings. The molecule has 19 heavy (non-hydrogen) atoms. The van der Waals surface area contributed by atoms with E-state index in [-0.39, 0.29) is 6.04 Å². The van der Waals surface area contributed by atoms with E-state index < -0.39 is 11.6 Å². The molecule has 1 aromatic carbocycles. The van der Waals surface area contributed by atoms with Crippen LogP contribution in [0.5, 0.6) is 0 Å². The third-order valence-corrected chi connectivity index (χ3v) is 3.83. The van der Waals surface area contributed by atoms with Crippen LogP contribution in [0.3, 0.4) is 0 Å². The summed E-state index contributed by atoms with van der Waals surface area (Å²) in [6, 6.07) is 4.27. The second kappa shape index (κ2) is 6.41. The monoisotopic (exact) mass is 269 g/mol. The van der Waals surface area contributed by atoms with Crippen LogP contribution in [0.4, 0.5) is 8.78 Å². The van der Waals surface area contributed by atoms with E-state index in [0.29, 0.717) is 6.54 Å². The molecule has 3 nitrogen and oxygen atoms in total. The highest BCUT2D eigenvalue weighted by Gasteiger charge is 2.22. The number of nitrogens with zero attached hydrogens (tertiary/aromatic N) is 2. The zero-order chi connectivity index (χ0) is 13.8. The first-order chi connectivity index (χ1) is 9.11. The van der Waals surface area contributed by atoms with E-state index in [0.717, 1.165) is 38.3 Å². The van der Waals surface area contributed by atoms with Crippen LogP contribution in [0.2, 0.25) is 0 Å². The Balaban J connectivity index is 1.97. The molecule has 106 valence electrons. The van der Waals surface area contributed by atoms with Gasteiger partial charge in [-0.2, -0.15) is 0 Å². The van der Waals surface area contributed by atoms with Crippen LogP contribution in [0.25, 0.3) is 0 Å². The average molecular weight is 269 g/mol. The van der Waals surface area contributed by atoms with Crippen molar-refractivity contribution in [2.45, 2.75) is 13.0 Å². The van der Waals surface area contributed by atoms with Crippen molar-refractivity contribution in [3.63, 3.8) is 0 Å². The molecule has 1 unspecified atom stereocenters. The number of nitrogens with two attached hydrogens (primary N) is 1. The van der Waals surface area contributed by atoms with Gasteiger partial charge in [-0.1, -0.05) is 6.07 Å². The third kappa shape index (κ3) is 3.49. The van der Waals surface area contributed by atoms with Crippen molar-refractivity contribution in [1.29, 1.82) is 0 Å². The van der Waals surface area contributed by atoms with Gasteiger partial charge >= 0.3 is 0 Å². The van der Waals surface area contributed by atoms with E-state index in [2.05, 4.69) is 9.80 Å². The van der Waals surface area contributed by atoms with Gasteiger partial charge < -0.3 is 5.73 Å². The predicted molar refractivity (Wildman–Crippen MR) is 71.8 cm³/mol. The summed E-state index contributed by atoms with van der Waals surface area (Å²) in [5.41, 5.74) is 6.37. The van der Waals surface area contributed by atoms with Crippen molar-refractivity contribution >= 4 is 0 Å². The molecule has 2 N–H and O–H groups in total. The van der Waals surface area contributed by atoms with Gasteiger partial charge in [-0.25, -0.2) is 8.78 Å². The van der Waals surface area contributed by atoms with Crippen molar-refractivity contribution in [2.75, 3.05) is 39.3 Å². The highest BCUT2D eigenvalue weighted by molar-refractivity contribution is 5.21. The third-order valence-electron chi connectivity index (χ3n) is 3.83. The molecule has 1 atom stereocenters. The van der Waals surface area contributed by atoms with Crippen molar-refractivity contribution in [3.05, 3.63) is 35.4 Å². The van der Waals surface area contributed by atoms with E-state index in [4.69, 9.17) is 5.73 Å². The van der Waals surface area contributed by atoms with Crippen LogP contribution in [-0.2, 0) is 0 Å². The lowest BCUT2D eigenvalue weighted by Gasteiger charge is -2.38. The molecule has 0 saturated carbocycles. The van der Waals surface area contributed by atoms with Crippen LogP contribution < -0.4 is 5.73 Å². The topological polar surface area (TPSA) is 32.5 Å². The Morgan fingerprint density at radius 1 is 1.16 bits per heavy atom. The SMILES string of the molecule is CC(c1ccc(F)c(F)c1)N1CCN(CCN)CC1. The van der Waals surface area contributed by atoms with Gasteiger partial charge in [0.15, 0.2) is 11.6 Å². The Hall–Kier alpha value is -1.04. The molecule has 1 aliphatic heterocycles. The zero-order valence-electron chi connectivity index (χ0n) is 11.3. The number of hydrogen-bond acceptors (Lipinski definition) is 3. The molecule has 1 heterocycles. The van der Waals surface area contributed by atoms with Crippen LogP contribution in [-0.4, -0.2) is 49.1 Å². The number of hydrogen-bond donors (Lipinski definition) is 1. The fraction of sp³-hybridized carbons (Fsp3) is 0.571. The predicted octanol–water partition coefficient (Wildman–Crippen LogP) is 1.60. The molecular formula is C14H21F2N3. The number of halogens is 2. The van der Waals surface area contributed by atoms with Gasteiger partial charge in [0.25, 0.3) is 0 Å². The molecule has 1 aliphatic rings. The molecule has 0 bridgehead atoms. The Labute approximate surface area is 113 Å². The minimum absolute atomic E-state index is 0.107. The number of benzene rings is 1. The molecule has 0 radical (unpaired) electrons. The lowest BCUT2D eigenvalue weighted by atomic mass is 10.1. The molecule has 1 aromatic rings. The summed E-state index contributed by atoms with van der Waals surface area (Å²) < 4.78 is 26.2. The van der Waals surface area contributed by atoms with Crippen molar-refractivity contribution in [3.8, 4) is 0 Å². The summed E-state index contributed by atoms with van der Waals surface area (Å²) >= 11 is 0. The maximum atomic E-state index is 13.3. The van der Waals surface area contributed by atoms with E-state index >= 15 is 0 Å². The van der Waals surface area contributed by atoms with Crippen LogP contribution >= 0.6 is 0 Å². The Kier molecular flexibility index (Phi) is 4.85. The fourth-order valence-corrected chi connectivity index (χ4v) is 2.54. The second-order valence-electron chi connectivity index (χ2n) is 5.02. The maximum absolute atomic E-state index is 13.3. The normalized spacial score (nSPS) is 19.6. The van der Waals surface area contributed by atoms with Gasteiger partial charge in [-0.3, -0.25) is 9.80 Å². The largest absolute Gasteiger partial charge is 0.329 e. The summed E-state index contributed by atoms with van der Waals surface area (Å²) in [6.07, 6.45) is 0. The smallest absolute Gasteiger partial charge is 0.159 e. The fourth-order valence-electron chi connectivity index (χ4n) is 2.54. The Morgan fingerprint density at radius 3 is 2.42 bits per heavy atom. The van der Waals surface area contributed by atoms with Gasteiger partial charge in [0, 0.05) is 45.3 Å². The molecule has 0 aliphatic carbocycles. The minimum atomic E-state index is -0.788. The summed E-state index contributed by atoms with van der Waals surface area (Å²) in [5, 5.41) is 0. The highest BCUT2D eigenvalue weighted by atomic mass is 19.2. The highest BCUT2D eigenvalue weighted by Crippen LogP contribution is 2.23. The van der Waals surface area contributed by atoms with Crippen LogP contribution in [0.1, 0.15) is 18.5 Å². The van der Waals surface area contributed by atoms with Crippen LogP contribution in [0.15, 0.2) is 18.2 Å². The van der Waals surface area contributed by atoms with Crippen molar-refractivity contribution < 1.29 is 8.78 Å². The lowest BCUT2D eigenvalue weighted by molar-refractivity contribution is 0.104. The van der Waals surface area contributed by atoms with Crippen LogP contribution in [0, 0.1) is 11.6 Å². The summed E-state index contributed by atoms with van der Waals surface area (Å²) in [5.74, 6) is -1.56. The average Bonchev–Trinajstić information content (AvgIpc) is 2.42. The van der Waals surface area contributed by atoms with Crippen molar-refractivity contribution in [1.82, 2.24) is 9.80 Å². The first-order valence-electron chi connectivity index (χ1n) is 6.73.